The molecule has 29 heavy (non-hydrogen) atoms. The van der Waals surface area contributed by atoms with Crippen LogP contribution >= 0.6 is 0 Å². The Kier molecular flexibility index (Phi) is 6.58. The highest BCUT2D eigenvalue weighted by Gasteiger charge is 2.30. The van der Waals surface area contributed by atoms with Crippen LogP contribution in [0.3, 0.4) is 0 Å². The molecule has 0 atom stereocenters. The normalized spacial score (nSPS) is 23.3. The summed E-state index contributed by atoms with van der Waals surface area (Å²) in [7, 11) is -3.31. The van der Waals surface area contributed by atoms with Crippen LogP contribution in [0.1, 0.15) is 58.7 Å². The Morgan fingerprint density at radius 2 is 1.90 bits per heavy atom. The number of hydrogen-bond acceptors (Lipinski definition) is 6. The standard InChI is InChI=1S/C20H29FN4O3S/c1-20(2,3)29(26,27)22-13-14-7-11-17(12-8-14)23-19-24-18(25-28-19)15-5-4-6-16(21)10-9-15/h5-6,9-10,14,17,22H,4,7-8,11-13H2,1-3H3,(H,23,24,25)/t14-,17-. The monoisotopic (exact) mass is 424 g/mol. The lowest BCUT2D eigenvalue weighted by Gasteiger charge is -2.29. The molecule has 0 spiro atoms. The van der Waals surface area contributed by atoms with E-state index in [4.69, 9.17) is 4.52 Å². The maximum atomic E-state index is 13.3. The average Bonchev–Trinajstić information content (AvgIpc) is 3.00. The van der Waals surface area contributed by atoms with Crippen molar-refractivity contribution in [2.24, 2.45) is 5.92 Å². The number of nitrogens with zero attached hydrogens (tertiary/aromatic N) is 2. The van der Waals surface area contributed by atoms with Crippen molar-refractivity contribution in [1.82, 2.24) is 14.9 Å². The van der Waals surface area contributed by atoms with Gasteiger partial charge >= 0.3 is 6.01 Å². The van der Waals surface area contributed by atoms with Gasteiger partial charge in [-0.3, -0.25) is 0 Å². The quantitative estimate of drug-likeness (QED) is 0.718. The van der Waals surface area contributed by atoms with Crippen molar-refractivity contribution < 1.29 is 17.3 Å². The Labute approximate surface area is 171 Å². The second kappa shape index (κ2) is 8.79. The number of hydrogen-bond donors (Lipinski definition) is 2. The maximum absolute atomic E-state index is 13.3. The number of allylic oxidation sites excluding steroid dienone is 6. The van der Waals surface area contributed by atoms with Gasteiger partial charge in [0.1, 0.15) is 5.83 Å². The molecule has 2 aliphatic rings. The lowest BCUT2D eigenvalue weighted by atomic mass is 9.86. The molecular formula is C20H29FN4O3S. The van der Waals surface area contributed by atoms with Gasteiger partial charge in [-0.05, 0) is 77.0 Å². The maximum Gasteiger partial charge on any atom is 0.322 e. The van der Waals surface area contributed by atoms with Crippen molar-refractivity contribution in [3.8, 4) is 0 Å². The first-order valence-corrected chi connectivity index (χ1v) is 11.5. The van der Waals surface area contributed by atoms with Gasteiger partial charge in [0.15, 0.2) is 0 Å². The number of aromatic nitrogens is 2. The molecule has 160 valence electrons. The predicted molar refractivity (Wildman–Crippen MR) is 111 cm³/mol. The van der Waals surface area contributed by atoms with E-state index in [0.717, 1.165) is 31.3 Å². The summed E-state index contributed by atoms with van der Waals surface area (Å²) < 4.78 is 44.9. The topological polar surface area (TPSA) is 97.1 Å². The molecule has 1 fully saturated rings. The molecule has 0 radical (unpaired) electrons. The smallest absolute Gasteiger partial charge is 0.322 e. The van der Waals surface area contributed by atoms with Crippen LogP contribution in [-0.2, 0) is 10.0 Å². The molecule has 0 bridgehead atoms. The van der Waals surface area contributed by atoms with Crippen molar-refractivity contribution in [3.05, 3.63) is 36.0 Å². The summed E-state index contributed by atoms with van der Waals surface area (Å²) in [5, 5.41) is 7.24. The first kappa shape index (κ1) is 21.7. The molecule has 3 rings (SSSR count). The molecule has 1 aromatic rings. The highest BCUT2D eigenvalue weighted by atomic mass is 32.2. The fourth-order valence-electron chi connectivity index (χ4n) is 3.30. The van der Waals surface area contributed by atoms with Crippen molar-refractivity contribution in [2.75, 3.05) is 11.9 Å². The lowest BCUT2D eigenvalue weighted by Crippen LogP contribution is -2.42. The van der Waals surface area contributed by atoms with Gasteiger partial charge in [-0.2, -0.15) is 4.98 Å². The van der Waals surface area contributed by atoms with Gasteiger partial charge in [0, 0.05) is 18.2 Å². The molecule has 1 saturated carbocycles. The third-order valence-electron chi connectivity index (χ3n) is 5.30. The van der Waals surface area contributed by atoms with E-state index in [2.05, 4.69) is 20.2 Å². The second-order valence-electron chi connectivity index (χ2n) is 8.57. The van der Waals surface area contributed by atoms with Gasteiger partial charge in [-0.15, -0.1) is 0 Å². The van der Waals surface area contributed by atoms with Gasteiger partial charge in [-0.25, -0.2) is 17.5 Å². The number of nitrogens with one attached hydrogen (secondary N) is 2. The molecule has 2 aliphatic carbocycles. The minimum atomic E-state index is -3.31. The highest BCUT2D eigenvalue weighted by molar-refractivity contribution is 7.90. The zero-order valence-electron chi connectivity index (χ0n) is 17.1. The van der Waals surface area contributed by atoms with Crippen LogP contribution in [0.25, 0.3) is 5.57 Å². The minimum Gasteiger partial charge on any atom is -0.335 e. The van der Waals surface area contributed by atoms with Crippen molar-refractivity contribution in [2.45, 2.75) is 63.7 Å². The van der Waals surface area contributed by atoms with Crippen LogP contribution in [-0.4, -0.2) is 35.9 Å². The third-order valence-corrected chi connectivity index (χ3v) is 7.46. The zero-order chi connectivity index (χ0) is 21.1. The summed E-state index contributed by atoms with van der Waals surface area (Å²) in [4.78, 5) is 4.36. The second-order valence-corrected chi connectivity index (χ2v) is 11.1. The Morgan fingerprint density at radius 3 is 2.59 bits per heavy atom. The summed E-state index contributed by atoms with van der Waals surface area (Å²) in [6.07, 6.45) is 10.5. The summed E-state index contributed by atoms with van der Waals surface area (Å²) in [5.74, 6) is 0.476. The minimum absolute atomic E-state index is 0.205. The van der Waals surface area contributed by atoms with Crippen LogP contribution in [0.4, 0.5) is 10.4 Å². The van der Waals surface area contributed by atoms with E-state index < -0.39 is 14.8 Å². The first-order chi connectivity index (χ1) is 13.6. The Bertz CT molecular complexity index is 904. The molecule has 0 saturated heterocycles. The van der Waals surface area contributed by atoms with Crippen LogP contribution in [0.2, 0.25) is 0 Å². The van der Waals surface area contributed by atoms with Gasteiger partial charge < -0.3 is 9.84 Å². The number of rotatable bonds is 6. The summed E-state index contributed by atoms with van der Waals surface area (Å²) in [6.45, 7) is 5.57. The van der Waals surface area contributed by atoms with Crippen molar-refractivity contribution in [3.63, 3.8) is 0 Å². The van der Waals surface area contributed by atoms with Crippen LogP contribution in [0.5, 0.6) is 0 Å². The van der Waals surface area contributed by atoms with E-state index in [9.17, 15) is 12.8 Å². The van der Waals surface area contributed by atoms with Crippen molar-refractivity contribution in [1.29, 1.82) is 0 Å². The number of sulfonamides is 1. The van der Waals surface area contributed by atoms with E-state index in [-0.39, 0.29) is 11.9 Å². The Hall–Kier alpha value is -2.00. The molecule has 9 heteroatoms. The Morgan fingerprint density at radius 1 is 1.17 bits per heavy atom. The molecule has 0 aromatic carbocycles. The van der Waals surface area contributed by atoms with E-state index in [1.54, 1.807) is 26.8 Å². The van der Waals surface area contributed by atoms with E-state index >= 15 is 0 Å². The lowest BCUT2D eigenvalue weighted by molar-refractivity contribution is 0.329. The Balaban J connectivity index is 1.48. The average molecular weight is 425 g/mol. The number of halogens is 1. The number of anilines is 1. The van der Waals surface area contributed by atoms with Gasteiger partial charge in [0.2, 0.25) is 15.8 Å². The highest BCUT2D eigenvalue weighted by Crippen LogP contribution is 2.27. The largest absolute Gasteiger partial charge is 0.335 e. The molecule has 7 nitrogen and oxygen atoms in total. The molecule has 0 aliphatic heterocycles. The predicted octanol–water partition coefficient (Wildman–Crippen LogP) is 3.95. The van der Waals surface area contributed by atoms with Crippen LogP contribution in [0.15, 0.2) is 34.7 Å². The first-order valence-electron chi connectivity index (χ1n) is 9.98. The van der Waals surface area contributed by atoms with Gasteiger partial charge in [0.05, 0.1) is 4.75 Å². The van der Waals surface area contributed by atoms with E-state index in [1.165, 1.54) is 12.2 Å². The molecular weight excluding hydrogens is 395 g/mol. The van der Waals surface area contributed by atoms with Crippen molar-refractivity contribution >= 4 is 21.6 Å². The molecule has 2 N–H and O–H groups in total. The molecule has 0 amide bonds. The molecule has 1 aromatic heterocycles. The summed E-state index contributed by atoms with van der Waals surface area (Å²) in [6, 6.07) is 0.556. The van der Waals surface area contributed by atoms with Gasteiger partial charge in [-0.1, -0.05) is 11.2 Å². The van der Waals surface area contributed by atoms with Gasteiger partial charge in [0.25, 0.3) is 0 Å². The summed E-state index contributed by atoms with van der Waals surface area (Å²) >= 11 is 0. The third kappa shape index (κ3) is 5.76. The molecule has 0 unspecified atom stereocenters. The fourth-order valence-corrected chi connectivity index (χ4v) is 4.19. The fraction of sp³-hybridized carbons (Fsp3) is 0.600. The SMILES string of the molecule is CC(C)(C)S(=O)(=O)NC[C@H]1CC[C@H](Nc2nc(C3=CCC=C(F)C=C3)no2)CC1. The molecule has 1 heterocycles. The van der Waals surface area contributed by atoms with E-state index in [0.29, 0.717) is 30.7 Å². The zero-order valence-corrected chi connectivity index (χ0v) is 17.9. The summed E-state index contributed by atoms with van der Waals surface area (Å²) in [5.41, 5.74) is 0.723. The van der Waals surface area contributed by atoms with E-state index in [1.807, 2.05) is 6.08 Å². The van der Waals surface area contributed by atoms with Crippen LogP contribution in [0, 0.1) is 5.92 Å². The van der Waals surface area contributed by atoms with Crippen LogP contribution < -0.4 is 10.0 Å².